The Kier molecular flexibility index (Phi) is 5.44. The molecule has 5 nitrogen and oxygen atoms in total. The number of fused-ring (bicyclic) bond motifs is 1. The normalized spacial score (nSPS) is 12.7. The third-order valence-corrected chi connectivity index (χ3v) is 4.68. The van der Waals surface area contributed by atoms with Crippen LogP contribution in [0.15, 0.2) is 66.9 Å². The molecule has 0 fully saturated rings. The zero-order valence-corrected chi connectivity index (χ0v) is 16.1. The smallest absolute Gasteiger partial charge is 0.254 e. The Balaban J connectivity index is 1.62. The molecule has 0 unspecified atom stereocenters. The lowest BCUT2D eigenvalue weighted by Crippen LogP contribution is -2.32. The highest BCUT2D eigenvalue weighted by molar-refractivity contribution is 5.95. The highest BCUT2D eigenvalue weighted by Crippen LogP contribution is 2.25. The number of nitrogens with zero attached hydrogens (tertiary/aromatic N) is 2. The molecule has 1 amide bonds. The number of para-hydroxylation sites is 1. The first kappa shape index (κ1) is 18.6. The molecule has 1 aliphatic rings. The molecule has 0 spiro atoms. The fourth-order valence-electron chi connectivity index (χ4n) is 3.19. The predicted molar refractivity (Wildman–Crippen MR) is 110 cm³/mol. The number of hydrogen-bond donors (Lipinski definition) is 0. The van der Waals surface area contributed by atoms with Gasteiger partial charge in [0.1, 0.15) is 23.8 Å². The maximum atomic E-state index is 13.2. The molecule has 0 saturated carbocycles. The van der Waals surface area contributed by atoms with Crippen LogP contribution in [0.1, 0.15) is 27.2 Å². The van der Waals surface area contributed by atoms with Crippen LogP contribution in [0.2, 0.25) is 0 Å². The number of rotatable bonds is 2. The Morgan fingerprint density at radius 1 is 1.10 bits per heavy atom. The second-order valence-electron chi connectivity index (χ2n) is 6.56. The lowest BCUT2D eigenvalue weighted by molar-refractivity contribution is 0.0733. The highest BCUT2D eigenvalue weighted by Gasteiger charge is 2.21. The van der Waals surface area contributed by atoms with Crippen molar-refractivity contribution in [3.05, 3.63) is 89.2 Å². The van der Waals surface area contributed by atoms with Gasteiger partial charge >= 0.3 is 0 Å². The van der Waals surface area contributed by atoms with Crippen LogP contribution in [-0.4, -0.2) is 36.1 Å². The lowest BCUT2D eigenvalue weighted by atomic mass is 10.1. The second-order valence-corrected chi connectivity index (χ2v) is 6.56. The molecule has 2 heterocycles. The van der Waals surface area contributed by atoms with E-state index in [1.54, 1.807) is 36.4 Å². The minimum absolute atomic E-state index is 0.0613. The first-order chi connectivity index (χ1) is 14.2. The Hall–Kier alpha value is -3.78. The van der Waals surface area contributed by atoms with Crippen molar-refractivity contribution in [2.24, 2.45) is 0 Å². The summed E-state index contributed by atoms with van der Waals surface area (Å²) < 4.78 is 11.2. The van der Waals surface area contributed by atoms with Gasteiger partial charge in [-0.25, -0.2) is 4.98 Å². The van der Waals surface area contributed by atoms with Crippen LogP contribution < -0.4 is 9.47 Å². The molecular formula is C24H20N2O3. The van der Waals surface area contributed by atoms with E-state index in [-0.39, 0.29) is 5.91 Å². The van der Waals surface area contributed by atoms with Crippen LogP contribution in [0.3, 0.4) is 0 Å². The summed E-state index contributed by atoms with van der Waals surface area (Å²) in [4.78, 5) is 19.2. The minimum Gasteiger partial charge on any atom is -0.495 e. The van der Waals surface area contributed by atoms with Crippen molar-refractivity contribution in [3.8, 4) is 23.3 Å². The van der Waals surface area contributed by atoms with Crippen LogP contribution in [-0.2, 0) is 6.54 Å². The van der Waals surface area contributed by atoms with E-state index in [0.717, 1.165) is 11.3 Å². The molecular weight excluding hydrogens is 364 g/mol. The van der Waals surface area contributed by atoms with Gasteiger partial charge in [-0.3, -0.25) is 4.79 Å². The third kappa shape index (κ3) is 4.22. The zero-order chi connectivity index (χ0) is 20.1. The van der Waals surface area contributed by atoms with Gasteiger partial charge in [0.25, 0.3) is 5.91 Å². The first-order valence-electron chi connectivity index (χ1n) is 9.35. The fourth-order valence-corrected chi connectivity index (χ4v) is 3.19. The molecule has 144 valence electrons. The van der Waals surface area contributed by atoms with Crippen molar-refractivity contribution in [2.75, 3.05) is 20.3 Å². The number of ether oxygens (including phenoxy) is 2. The van der Waals surface area contributed by atoms with Crippen LogP contribution in [0.5, 0.6) is 11.5 Å². The molecule has 0 aliphatic carbocycles. The molecule has 3 aromatic rings. The lowest BCUT2D eigenvalue weighted by Gasteiger charge is -2.20. The standard InChI is InChI=1S/C24H20N2O3/c1-28-22-12-10-19(16-18(22)9-11-21-7-4-5-13-25-21)24(27)26-14-15-29-23-8-3-2-6-20(23)17-26/h2-8,10,12-13,16H,14-15,17H2,1H3. The molecule has 1 aromatic heterocycles. The van der Waals surface area contributed by atoms with E-state index >= 15 is 0 Å². The number of aromatic nitrogens is 1. The van der Waals surface area contributed by atoms with Crippen molar-refractivity contribution in [1.29, 1.82) is 0 Å². The second kappa shape index (κ2) is 8.49. The topological polar surface area (TPSA) is 51.7 Å². The van der Waals surface area contributed by atoms with Crippen molar-refractivity contribution >= 4 is 5.91 Å². The van der Waals surface area contributed by atoms with E-state index in [4.69, 9.17) is 9.47 Å². The number of amides is 1. The SMILES string of the molecule is COc1ccc(C(=O)N2CCOc3ccccc3C2)cc1C#Cc1ccccn1. The number of carbonyl (C=O) groups excluding carboxylic acids is 1. The third-order valence-electron chi connectivity index (χ3n) is 4.68. The summed E-state index contributed by atoms with van der Waals surface area (Å²) in [6.07, 6.45) is 1.69. The van der Waals surface area contributed by atoms with E-state index in [1.165, 1.54) is 0 Å². The average Bonchev–Trinajstić information content (AvgIpc) is 3.00. The molecule has 5 heteroatoms. The van der Waals surface area contributed by atoms with Gasteiger partial charge in [-0.1, -0.05) is 30.2 Å². The van der Waals surface area contributed by atoms with E-state index in [2.05, 4.69) is 16.8 Å². The van der Waals surface area contributed by atoms with Gasteiger partial charge in [-0.2, -0.15) is 0 Å². The summed E-state index contributed by atoms with van der Waals surface area (Å²) in [5.74, 6) is 7.48. The summed E-state index contributed by atoms with van der Waals surface area (Å²) in [5, 5.41) is 0. The van der Waals surface area contributed by atoms with Gasteiger partial charge in [0.2, 0.25) is 0 Å². The molecule has 0 bridgehead atoms. The van der Waals surface area contributed by atoms with Gasteiger partial charge < -0.3 is 14.4 Å². The summed E-state index contributed by atoms with van der Waals surface area (Å²) in [7, 11) is 1.59. The molecule has 0 radical (unpaired) electrons. The summed E-state index contributed by atoms with van der Waals surface area (Å²) >= 11 is 0. The first-order valence-corrected chi connectivity index (χ1v) is 9.35. The number of pyridine rings is 1. The Bertz CT molecular complexity index is 1080. The molecule has 2 aromatic carbocycles. The largest absolute Gasteiger partial charge is 0.495 e. The van der Waals surface area contributed by atoms with Gasteiger partial charge in [0.15, 0.2) is 0 Å². The van der Waals surface area contributed by atoms with Crippen molar-refractivity contribution in [3.63, 3.8) is 0 Å². The summed E-state index contributed by atoms with van der Waals surface area (Å²) in [6, 6.07) is 18.7. The van der Waals surface area contributed by atoms with Gasteiger partial charge in [0.05, 0.1) is 19.2 Å². The minimum atomic E-state index is -0.0613. The van der Waals surface area contributed by atoms with Crippen LogP contribution in [0, 0.1) is 11.8 Å². The number of hydrogen-bond acceptors (Lipinski definition) is 4. The maximum Gasteiger partial charge on any atom is 0.254 e. The van der Waals surface area contributed by atoms with Crippen LogP contribution in [0.25, 0.3) is 0 Å². The number of carbonyl (C=O) groups is 1. The molecule has 4 rings (SSSR count). The van der Waals surface area contributed by atoms with Crippen molar-refractivity contribution < 1.29 is 14.3 Å². The molecule has 0 atom stereocenters. The van der Waals surface area contributed by atoms with Crippen LogP contribution in [0.4, 0.5) is 0 Å². The summed E-state index contributed by atoms with van der Waals surface area (Å²) in [5.41, 5.74) is 2.88. The molecule has 0 saturated heterocycles. The van der Waals surface area contributed by atoms with Crippen molar-refractivity contribution in [1.82, 2.24) is 9.88 Å². The molecule has 1 aliphatic heterocycles. The van der Waals surface area contributed by atoms with Gasteiger partial charge in [-0.15, -0.1) is 0 Å². The highest BCUT2D eigenvalue weighted by atomic mass is 16.5. The maximum absolute atomic E-state index is 13.2. The Morgan fingerprint density at radius 2 is 1.97 bits per heavy atom. The fraction of sp³-hybridized carbons (Fsp3) is 0.167. The number of methoxy groups -OCH3 is 1. The monoisotopic (exact) mass is 384 g/mol. The molecule has 0 N–H and O–H groups in total. The van der Waals surface area contributed by atoms with Gasteiger partial charge in [-0.05, 0) is 42.3 Å². The molecule has 29 heavy (non-hydrogen) atoms. The van der Waals surface area contributed by atoms with E-state index in [0.29, 0.717) is 42.3 Å². The number of benzene rings is 2. The average molecular weight is 384 g/mol. The van der Waals surface area contributed by atoms with E-state index < -0.39 is 0 Å². The quantitative estimate of drug-likeness (QED) is 0.635. The predicted octanol–water partition coefficient (Wildman–Crippen LogP) is 3.52. The zero-order valence-electron chi connectivity index (χ0n) is 16.1. The van der Waals surface area contributed by atoms with Crippen LogP contribution >= 0.6 is 0 Å². The Labute approximate surface area is 169 Å². The summed E-state index contributed by atoms with van der Waals surface area (Å²) in [6.45, 7) is 1.50. The van der Waals surface area contributed by atoms with E-state index in [9.17, 15) is 4.79 Å². The van der Waals surface area contributed by atoms with Gasteiger partial charge in [0, 0.05) is 23.9 Å². The Morgan fingerprint density at radius 3 is 2.79 bits per heavy atom. The van der Waals surface area contributed by atoms with Crippen molar-refractivity contribution in [2.45, 2.75) is 6.54 Å². The van der Waals surface area contributed by atoms with E-state index in [1.807, 2.05) is 42.5 Å².